The van der Waals surface area contributed by atoms with Crippen LogP contribution in [0.5, 0.6) is 5.75 Å². The van der Waals surface area contributed by atoms with E-state index in [4.69, 9.17) is 19.8 Å². The third kappa shape index (κ3) is 5.60. The van der Waals surface area contributed by atoms with E-state index >= 15 is 0 Å². The maximum absolute atomic E-state index is 11.1. The number of fused-ring (bicyclic) bond motifs is 1. The Labute approximate surface area is 247 Å². The van der Waals surface area contributed by atoms with Gasteiger partial charge in [0.15, 0.2) is 5.82 Å². The first kappa shape index (κ1) is 26.5. The Kier molecular flexibility index (Phi) is 7.10. The summed E-state index contributed by atoms with van der Waals surface area (Å²) in [5.74, 6) is 2.17. The normalized spacial score (nSPS) is 14.2. The zero-order chi connectivity index (χ0) is 29.2. The SMILES string of the molecule is O=C(O)Oc1ccn2c(-c3ccccc3)c(-c3ccc(CN4CCC(c5nc(-c6ccccn6)n[nH]5)CC4)cc3)nc2c1. The van der Waals surface area contributed by atoms with E-state index in [0.717, 1.165) is 66.5 Å². The van der Waals surface area contributed by atoms with Gasteiger partial charge in [0.1, 0.15) is 22.9 Å². The predicted molar refractivity (Wildman–Crippen MR) is 162 cm³/mol. The molecule has 10 heteroatoms. The summed E-state index contributed by atoms with van der Waals surface area (Å²) in [6.07, 6.45) is 4.23. The van der Waals surface area contributed by atoms with Crippen molar-refractivity contribution in [2.45, 2.75) is 25.3 Å². The molecule has 1 aliphatic heterocycles. The molecule has 0 unspecified atom stereocenters. The average Bonchev–Trinajstić information content (AvgIpc) is 3.68. The number of benzene rings is 2. The molecule has 1 fully saturated rings. The number of carbonyl (C=O) groups is 1. The molecule has 0 aliphatic carbocycles. The third-order valence-electron chi connectivity index (χ3n) is 7.85. The van der Waals surface area contributed by atoms with Crippen LogP contribution in [0.3, 0.4) is 0 Å². The standard InChI is InChI=1S/C33H29N7O3/c41-33(42)43-26-15-19-40-28(20-26)35-29(30(40)24-6-2-1-3-7-24)23-11-9-22(10-12-23)21-39-17-13-25(14-18-39)31-36-32(38-37-31)27-8-4-5-16-34-27/h1-12,15-16,19-20,25H,13-14,17-18,21H2,(H,41,42)(H,36,37,38). The van der Waals surface area contributed by atoms with Crippen molar-refractivity contribution in [3.63, 3.8) is 0 Å². The number of carboxylic acid groups (broad SMARTS) is 1. The first-order valence-corrected chi connectivity index (χ1v) is 14.2. The minimum absolute atomic E-state index is 0.229. The molecule has 2 N–H and O–H groups in total. The van der Waals surface area contributed by atoms with Crippen LogP contribution in [-0.2, 0) is 6.54 Å². The van der Waals surface area contributed by atoms with E-state index in [2.05, 4.69) is 44.3 Å². The minimum Gasteiger partial charge on any atom is -0.449 e. The van der Waals surface area contributed by atoms with Gasteiger partial charge in [-0.1, -0.05) is 60.7 Å². The zero-order valence-corrected chi connectivity index (χ0v) is 23.3. The third-order valence-corrected chi connectivity index (χ3v) is 7.85. The molecular formula is C33H29N7O3. The molecule has 0 atom stereocenters. The molecule has 6 aromatic rings. The van der Waals surface area contributed by atoms with Gasteiger partial charge in [0.05, 0.1) is 11.4 Å². The van der Waals surface area contributed by atoms with Crippen LogP contribution in [-0.4, -0.2) is 58.8 Å². The number of pyridine rings is 2. The van der Waals surface area contributed by atoms with Gasteiger partial charge in [0.25, 0.3) is 0 Å². The predicted octanol–water partition coefficient (Wildman–Crippen LogP) is 6.28. The molecule has 5 heterocycles. The Morgan fingerprint density at radius 3 is 2.47 bits per heavy atom. The molecule has 7 rings (SSSR count). The Morgan fingerprint density at radius 1 is 0.930 bits per heavy atom. The Balaban J connectivity index is 1.06. The van der Waals surface area contributed by atoms with E-state index in [1.54, 1.807) is 24.5 Å². The van der Waals surface area contributed by atoms with Crippen LogP contribution in [0.1, 0.15) is 30.1 Å². The summed E-state index contributed by atoms with van der Waals surface area (Å²) in [6.45, 7) is 2.84. The number of piperidine rings is 1. The Morgan fingerprint density at radius 2 is 1.72 bits per heavy atom. The van der Waals surface area contributed by atoms with Crippen LogP contribution in [0.2, 0.25) is 0 Å². The second kappa shape index (κ2) is 11.5. The maximum Gasteiger partial charge on any atom is 0.511 e. The van der Waals surface area contributed by atoms with Gasteiger partial charge in [-0.25, -0.2) is 14.8 Å². The van der Waals surface area contributed by atoms with Gasteiger partial charge in [-0.15, -0.1) is 0 Å². The lowest BCUT2D eigenvalue weighted by molar-refractivity contribution is 0.144. The summed E-state index contributed by atoms with van der Waals surface area (Å²) < 4.78 is 6.83. The van der Waals surface area contributed by atoms with Crippen molar-refractivity contribution in [2.24, 2.45) is 0 Å². The zero-order valence-electron chi connectivity index (χ0n) is 23.3. The summed E-state index contributed by atoms with van der Waals surface area (Å²) >= 11 is 0. The lowest BCUT2D eigenvalue weighted by Crippen LogP contribution is -2.32. The largest absolute Gasteiger partial charge is 0.511 e. The number of ether oxygens (including phenoxy) is 1. The molecule has 4 aromatic heterocycles. The van der Waals surface area contributed by atoms with Gasteiger partial charge < -0.3 is 9.84 Å². The molecule has 0 amide bonds. The second-order valence-electron chi connectivity index (χ2n) is 10.6. The maximum atomic E-state index is 11.1. The van der Waals surface area contributed by atoms with Crippen LogP contribution < -0.4 is 4.74 Å². The number of aromatic nitrogens is 6. The van der Waals surface area contributed by atoms with Crippen molar-refractivity contribution in [2.75, 3.05) is 13.1 Å². The van der Waals surface area contributed by atoms with Crippen molar-refractivity contribution in [1.29, 1.82) is 0 Å². The van der Waals surface area contributed by atoms with Crippen molar-refractivity contribution in [3.05, 3.63) is 109 Å². The number of imidazole rings is 1. The summed E-state index contributed by atoms with van der Waals surface area (Å²) in [5, 5.41) is 16.6. The monoisotopic (exact) mass is 571 g/mol. The highest BCUT2D eigenvalue weighted by molar-refractivity contribution is 5.82. The summed E-state index contributed by atoms with van der Waals surface area (Å²) in [5.41, 5.74) is 6.39. The molecule has 43 heavy (non-hydrogen) atoms. The molecule has 214 valence electrons. The van der Waals surface area contributed by atoms with Crippen molar-refractivity contribution < 1.29 is 14.6 Å². The summed E-state index contributed by atoms with van der Waals surface area (Å²) in [7, 11) is 0. The fourth-order valence-corrected chi connectivity index (χ4v) is 5.72. The number of hydrogen-bond donors (Lipinski definition) is 2. The average molecular weight is 572 g/mol. The Bertz CT molecular complexity index is 1860. The van der Waals surface area contributed by atoms with Gasteiger partial charge in [-0.05, 0) is 49.7 Å². The van der Waals surface area contributed by atoms with E-state index in [9.17, 15) is 4.79 Å². The van der Waals surface area contributed by atoms with Crippen molar-refractivity contribution in [3.8, 4) is 39.8 Å². The van der Waals surface area contributed by atoms with Crippen LogP contribution in [0, 0.1) is 0 Å². The molecule has 0 spiro atoms. The first-order valence-electron chi connectivity index (χ1n) is 14.2. The van der Waals surface area contributed by atoms with Gasteiger partial charge in [0.2, 0.25) is 0 Å². The number of nitrogens with zero attached hydrogens (tertiary/aromatic N) is 6. The molecule has 0 saturated carbocycles. The van der Waals surface area contributed by atoms with E-state index < -0.39 is 6.16 Å². The number of H-pyrrole nitrogens is 1. The lowest BCUT2D eigenvalue weighted by Gasteiger charge is -2.30. The quantitative estimate of drug-likeness (QED) is 0.215. The lowest BCUT2D eigenvalue weighted by atomic mass is 9.95. The second-order valence-corrected chi connectivity index (χ2v) is 10.6. The van der Waals surface area contributed by atoms with Crippen LogP contribution >= 0.6 is 0 Å². The van der Waals surface area contributed by atoms with Crippen molar-refractivity contribution in [1.82, 2.24) is 34.4 Å². The Hall–Kier alpha value is -5.35. The van der Waals surface area contributed by atoms with E-state index in [1.807, 2.05) is 52.9 Å². The summed E-state index contributed by atoms with van der Waals surface area (Å²) in [4.78, 5) is 27.5. The molecule has 0 radical (unpaired) electrons. The number of likely N-dealkylation sites (tertiary alicyclic amines) is 1. The molecule has 0 bridgehead atoms. The summed E-state index contributed by atoms with van der Waals surface area (Å²) in [6, 6.07) is 27.6. The topological polar surface area (TPSA) is 122 Å². The highest BCUT2D eigenvalue weighted by Gasteiger charge is 2.24. The molecular weight excluding hydrogens is 542 g/mol. The van der Waals surface area contributed by atoms with Gasteiger partial charge >= 0.3 is 6.16 Å². The highest BCUT2D eigenvalue weighted by Crippen LogP contribution is 2.34. The van der Waals surface area contributed by atoms with E-state index in [1.165, 1.54) is 5.56 Å². The molecule has 1 saturated heterocycles. The fraction of sp³-hybridized carbons (Fsp3) is 0.182. The smallest absolute Gasteiger partial charge is 0.449 e. The van der Waals surface area contributed by atoms with Gasteiger partial charge in [-0.3, -0.25) is 19.4 Å². The molecule has 10 nitrogen and oxygen atoms in total. The van der Waals surface area contributed by atoms with Crippen LogP contribution in [0.15, 0.2) is 97.3 Å². The highest BCUT2D eigenvalue weighted by atomic mass is 16.7. The van der Waals surface area contributed by atoms with Crippen LogP contribution in [0.4, 0.5) is 4.79 Å². The van der Waals surface area contributed by atoms with E-state index in [-0.39, 0.29) is 5.75 Å². The van der Waals surface area contributed by atoms with Gasteiger partial charge in [-0.2, -0.15) is 5.10 Å². The number of rotatable bonds is 7. The number of hydrogen-bond acceptors (Lipinski definition) is 7. The first-order chi connectivity index (χ1) is 21.1. The minimum atomic E-state index is -1.35. The van der Waals surface area contributed by atoms with Crippen molar-refractivity contribution >= 4 is 11.8 Å². The molecule has 1 aliphatic rings. The molecule has 2 aromatic carbocycles. The van der Waals surface area contributed by atoms with E-state index in [0.29, 0.717) is 17.4 Å². The van der Waals surface area contributed by atoms with Gasteiger partial charge in [0, 0.05) is 42.0 Å². The fourth-order valence-electron chi connectivity index (χ4n) is 5.72. The van der Waals surface area contributed by atoms with Crippen LogP contribution in [0.25, 0.3) is 39.7 Å². The number of nitrogens with one attached hydrogen (secondary N) is 1. The number of aromatic amines is 1.